The summed E-state index contributed by atoms with van der Waals surface area (Å²) in [6, 6.07) is 12.3. The van der Waals surface area contributed by atoms with Crippen LogP contribution in [0.25, 0.3) is 0 Å². The standard InChI is InChI=1S/C22H18F2N4OS/c23-15-7-3-6-13(11-15)20-19-17(9-4-10-18(19)29)25-21-26-22(27-28(20)21)30-12-14-5-1-2-8-16(14)24/h1-3,5-8,11,20H,4,9-10,12H2,(H,25,26,27)/t20-/m1/s1. The maximum atomic E-state index is 14.0. The van der Waals surface area contributed by atoms with Crippen molar-refractivity contribution in [1.82, 2.24) is 14.8 Å². The molecule has 2 aliphatic rings. The van der Waals surface area contributed by atoms with Gasteiger partial charge in [-0.2, -0.15) is 4.98 Å². The van der Waals surface area contributed by atoms with Crippen molar-refractivity contribution in [2.24, 2.45) is 0 Å². The fraction of sp³-hybridized carbons (Fsp3) is 0.227. The van der Waals surface area contributed by atoms with E-state index in [4.69, 9.17) is 0 Å². The Bertz CT molecular complexity index is 1170. The van der Waals surface area contributed by atoms with E-state index < -0.39 is 6.04 Å². The monoisotopic (exact) mass is 424 g/mol. The highest BCUT2D eigenvalue weighted by Gasteiger charge is 2.37. The van der Waals surface area contributed by atoms with Crippen LogP contribution in [-0.4, -0.2) is 20.5 Å². The maximum Gasteiger partial charge on any atom is 0.227 e. The molecular weight excluding hydrogens is 406 g/mol. The quantitative estimate of drug-likeness (QED) is 0.606. The molecule has 2 heterocycles. The van der Waals surface area contributed by atoms with Crippen molar-refractivity contribution in [3.05, 3.63) is 82.6 Å². The minimum atomic E-state index is -0.532. The van der Waals surface area contributed by atoms with Crippen LogP contribution in [0, 0.1) is 11.6 Å². The van der Waals surface area contributed by atoms with Crippen LogP contribution in [-0.2, 0) is 10.5 Å². The van der Waals surface area contributed by atoms with Gasteiger partial charge in [0.15, 0.2) is 5.78 Å². The molecule has 0 spiro atoms. The second-order valence-electron chi connectivity index (χ2n) is 7.29. The van der Waals surface area contributed by atoms with Gasteiger partial charge in [-0.1, -0.05) is 42.1 Å². The van der Waals surface area contributed by atoms with Crippen LogP contribution in [0.1, 0.15) is 36.4 Å². The molecule has 0 radical (unpaired) electrons. The molecular formula is C22H18F2N4OS. The van der Waals surface area contributed by atoms with E-state index in [1.807, 2.05) is 0 Å². The number of carbonyl (C=O) groups excluding carboxylic acids is 1. The zero-order valence-corrected chi connectivity index (χ0v) is 16.8. The fourth-order valence-corrected chi connectivity index (χ4v) is 4.76. The lowest BCUT2D eigenvalue weighted by Gasteiger charge is -2.32. The number of benzene rings is 2. The molecule has 8 heteroatoms. The highest BCUT2D eigenvalue weighted by Crippen LogP contribution is 2.40. The molecule has 2 aromatic carbocycles. The number of allylic oxidation sites excluding steroid dienone is 2. The Morgan fingerprint density at radius 2 is 2.00 bits per heavy atom. The van der Waals surface area contributed by atoms with Crippen LogP contribution in [0.2, 0.25) is 0 Å². The number of Topliss-reactive ketones (excluding diaryl/α,β-unsaturated/α-hetero) is 1. The Balaban J connectivity index is 1.52. The van der Waals surface area contributed by atoms with Gasteiger partial charge in [-0.25, -0.2) is 13.5 Å². The molecule has 0 unspecified atom stereocenters. The SMILES string of the molecule is O=C1CCCC2=C1[C@@H](c1cccc(F)c1)n1nc(SCc3ccccc3F)nc1N2. The van der Waals surface area contributed by atoms with E-state index in [1.165, 1.54) is 30.0 Å². The van der Waals surface area contributed by atoms with Crippen LogP contribution in [0.15, 0.2) is 65.0 Å². The summed E-state index contributed by atoms with van der Waals surface area (Å²) in [7, 11) is 0. The van der Waals surface area contributed by atoms with Gasteiger partial charge in [0, 0.05) is 23.4 Å². The van der Waals surface area contributed by atoms with Crippen LogP contribution in [0.5, 0.6) is 0 Å². The molecule has 1 aromatic heterocycles. The lowest BCUT2D eigenvalue weighted by atomic mass is 9.85. The first kappa shape index (κ1) is 19.0. The predicted octanol–water partition coefficient (Wildman–Crippen LogP) is 4.87. The Kier molecular flexibility index (Phi) is 4.86. The predicted molar refractivity (Wildman–Crippen MR) is 110 cm³/mol. The van der Waals surface area contributed by atoms with Gasteiger partial charge in [-0.15, -0.1) is 5.10 Å². The molecule has 1 aliphatic heterocycles. The minimum Gasteiger partial charge on any atom is -0.328 e. The molecule has 0 fully saturated rings. The number of nitrogens with one attached hydrogen (secondary N) is 1. The van der Waals surface area contributed by atoms with Crippen molar-refractivity contribution in [2.75, 3.05) is 5.32 Å². The Morgan fingerprint density at radius 1 is 1.13 bits per heavy atom. The van der Waals surface area contributed by atoms with Crippen LogP contribution in [0.4, 0.5) is 14.7 Å². The molecule has 3 aromatic rings. The van der Waals surface area contributed by atoms with E-state index in [9.17, 15) is 13.6 Å². The number of anilines is 1. The minimum absolute atomic E-state index is 0.0414. The van der Waals surface area contributed by atoms with Crippen molar-refractivity contribution in [1.29, 1.82) is 0 Å². The van der Waals surface area contributed by atoms with Gasteiger partial charge in [0.1, 0.15) is 17.7 Å². The smallest absolute Gasteiger partial charge is 0.227 e. The van der Waals surface area contributed by atoms with Gasteiger partial charge in [0.05, 0.1) is 0 Å². The number of aromatic nitrogens is 3. The van der Waals surface area contributed by atoms with Crippen molar-refractivity contribution < 1.29 is 13.6 Å². The van der Waals surface area contributed by atoms with Crippen LogP contribution >= 0.6 is 11.8 Å². The van der Waals surface area contributed by atoms with Crippen molar-refractivity contribution in [3.63, 3.8) is 0 Å². The normalized spacial score (nSPS) is 18.1. The number of fused-ring (bicyclic) bond motifs is 1. The molecule has 0 saturated heterocycles. The second-order valence-corrected chi connectivity index (χ2v) is 8.24. The number of ketones is 1. The van der Waals surface area contributed by atoms with Gasteiger partial charge < -0.3 is 5.32 Å². The molecule has 5 nitrogen and oxygen atoms in total. The fourth-order valence-electron chi connectivity index (χ4n) is 3.94. The lowest BCUT2D eigenvalue weighted by Crippen LogP contribution is -2.31. The second kappa shape index (κ2) is 7.68. The molecule has 1 aliphatic carbocycles. The summed E-state index contributed by atoms with van der Waals surface area (Å²) in [4.78, 5) is 17.3. The first-order valence-electron chi connectivity index (χ1n) is 9.71. The molecule has 0 bridgehead atoms. The number of halogens is 2. The summed E-state index contributed by atoms with van der Waals surface area (Å²) >= 11 is 1.32. The lowest BCUT2D eigenvalue weighted by molar-refractivity contribution is -0.116. The Morgan fingerprint density at radius 3 is 2.83 bits per heavy atom. The van der Waals surface area contributed by atoms with Crippen molar-refractivity contribution in [3.8, 4) is 0 Å². The average Bonchev–Trinajstić information content (AvgIpc) is 3.14. The molecule has 1 N–H and O–H groups in total. The number of hydrogen-bond donors (Lipinski definition) is 1. The largest absolute Gasteiger partial charge is 0.328 e. The van der Waals surface area contributed by atoms with Gasteiger partial charge in [-0.3, -0.25) is 4.79 Å². The van der Waals surface area contributed by atoms with Gasteiger partial charge in [0.2, 0.25) is 11.1 Å². The third-order valence-electron chi connectivity index (χ3n) is 5.33. The van der Waals surface area contributed by atoms with E-state index in [2.05, 4.69) is 15.4 Å². The molecule has 0 saturated carbocycles. The van der Waals surface area contributed by atoms with E-state index in [-0.39, 0.29) is 17.4 Å². The van der Waals surface area contributed by atoms with E-state index in [0.717, 1.165) is 18.5 Å². The zero-order chi connectivity index (χ0) is 20.7. The summed E-state index contributed by atoms with van der Waals surface area (Å²) in [5.74, 6) is 0.292. The van der Waals surface area contributed by atoms with Gasteiger partial charge >= 0.3 is 0 Å². The number of rotatable bonds is 4. The summed E-state index contributed by atoms with van der Waals surface area (Å²) in [6.45, 7) is 0. The Labute approximate surface area is 176 Å². The number of nitrogens with zero attached hydrogens (tertiary/aromatic N) is 3. The third kappa shape index (κ3) is 3.41. The topological polar surface area (TPSA) is 59.8 Å². The maximum absolute atomic E-state index is 14.0. The first-order valence-corrected chi connectivity index (χ1v) is 10.7. The number of thioether (sulfide) groups is 1. The van der Waals surface area contributed by atoms with Gasteiger partial charge in [0.25, 0.3) is 0 Å². The van der Waals surface area contributed by atoms with E-state index in [0.29, 0.717) is 40.0 Å². The zero-order valence-electron chi connectivity index (χ0n) is 15.9. The van der Waals surface area contributed by atoms with Crippen molar-refractivity contribution >= 4 is 23.5 Å². The summed E-state index contributed by atoms with van der Waals surface area (Å²) in [6.07, 6.45) is 1.96. The molecule has 30 heavy (non-hydrogen) atoms. The van der Waals surface area contributed by atoms with E-state index >= 15 is 0 Å². The molecule has 1 atom stereocenters. The Hall–Kier alpha value is -3.00. The number of carbonyl (C=O) groups is 1. The van der Waals surface area contributed by atoms with Crippen LogP contribution in [0.3, 0.4) is 0 Å². The first-order chi connectivity index (χ1) is 14.6. The van der Waals surface area contributed by atoms with Crippen LogP contribution < -0.4 is 5.32 Å². The summed E-state index contributed by atoms with van der Waals surface area (Å²) in [5, 5.41) is 8.29. The molecule has 0 amide bonds. The highest BCUT2D eigenvalue weighted by molar-refractivity contribution is 7.98. The van der Waals surface area contributed by atoms with Gasteiger partial charge in [-0.05, 0) is 42.2 Å². The summed E-state index contributed by atoms with van der Waals surface area (Å²) < 4.78 is 29.5. The van der Waals surface area contributed by atoms with E-state index in [1.54, 1.807) is 35.0 Å². The molecule has 5 rings (SSSR count). The van der Waals surface area contributed by atoms with Crippen molar-refractivity contribution in [2.45, 2.75) is 36.2 Å². The highest BCUT2D eigenvalue weighted by atomic mass is 32.2. The molecule has 152 valence electrons. The average molecular weight is 424 g/mol. The number of hydrogen-bond acceptors (Lipinski definition) is 5. The summed E-state index contributed by atoms with van der Waals surface area (Å²) in [5.41, 5.74) is 2.66. The third-order valence-corrected chi connectivity index (χ3v) is 6.21.